The molecule has 0 saturated carbocycles. The molecule has 5 heteroatoms. The summed E-state index contributed by atoms with van der Waals surface area (Å²) in [5, 5.41) is 0. The van der Waals surface area contributed by atoms with Crippen LogP contribution in [0, 0.1) is 5.92 Å². The molecular formula is C12H21N5. The third-order valence-corrected chi connectivity index (χ3v) is 3.26. The fourth-order valence-electron chi connectivity index (χ4n) is 2.44. The molecule has 0 unspecified atom stereocenters. The van der Waals surface area contributed by atoms with E-state index in [-0.39, 0.29) is 0 Å². The zero-order valence-electron chi connectivity index (χ0n) is 10.6. The zero-order chi connectivity index (χ0) is 12.3. The summed E-state index contributed by atoms with van der Waals surface area (Å²) in [7, 11) is 4.27. The molecule has 1 aliphatic rings. The molecule has 0 radical (unpaired) electrons. The Labute approximate surface area is 103 Å². The highest BCUT2D eigenvalue weighted by atomic mass is 15.2. The Morgan fingerprint density at radius 2 is 2.12 bits per heavy atom. The van der Waals surface area contributed by atoms with Crippen LogP contribution in [-0.2, 0) is 0 Å². The Morgan fingerprint density at radius 1 is 1.41 bits per heavy atom. The van der Waals surface area contributed by atoms with Crippen molar-refractivity contribution in [3.05, 3.63) is 12.5 Å². The normalized spacial score (nSPS) is 17.7. The first-order chi connectivity index (χ1) is 8.16. The highest BCUT2D eigenvalue weighted by Crippen LogP contribution is 2.25. The molecule has 2 heterocycles. The van der Waals surface area contributed by atoms with Crippen LogP contribution in [0.2, 0.25) is 0 Å². The molecule has 0 spiro atoms. The van der Waals surface area contributed by atoms with Gasteiger partial charge in [0, 0.05) is 19.6 Å². The molecule has 0 aromatic carbocycles. The van der Waals surface area contributed by atoms with Crippen LogP contribution in [0.15, 0.2) is 12.5 Å². The molecular weight excluding hydrogens is 214 g/mol. The van der Waals surface area contributed by atoms with Crippen LogP contribution in [-0.4, -0.2) is 48.6 Å². The third kappa shape index (κ3) is 3.06. The molecule has 2 N–H and O–H groups in total. The smallest absolute Gasteiger partial charge is 0.155 e. The largest absolute Gasteiger partial charge is 0.394 e. The van der Waals surface area contributed by atoms with E-state index in [0.717, 1.165) is 24.8 Å². The summed E-state index contributed by atoms with van der Waals surface area (Å²) >= 11 is 0. The second-order valence-electron chi connectivity index (χ2n) is 4.99. The van der Waals surface area contributed by atoms with Crippen molar-refractivity contribution in [2.24, 2.45) is 5.92 Å². The minimum atomic E-state index is 0.679. The third-order valence-electron chi connectivity index (χ3n) is 3.26. The van der Waals surface area contributed by atoms with Gasteiger partial charge in [-0.2, -0.15) is 0 Å². The maximum absolute atomic E-state index is 5.89. The van der Waals surface area contributed by atoms with E-state index in [9.17, 15) is 0 Å². The molecule has 17 heavy (non-hydrogen) atoms. The molecule has 0 atom stereocenters. The lowest BCUT2D eigenvalue weighted by molar-refractivity contribution is 0.284. The number of nitrogens with two attached hydrogens (primary N) is 1. The Bertz CT molecular complexity index is 358. The van der Waals surface area contributed by atoms with E-state index >= 15 is 0 Å². The van der Waals surface area contributed by atoms with Gasteiger partial charge in [-0.05, 0) is 32.9 Å². The van der Waals surface area contributed by atoms with Crippen molar-refractivity contribution in [3.63, 3.8) is 0 Å². The van der Waals surface area contributed by atoms with Crippen molar-refractivity contribution >= 4 is 11.5 Å². The summed E-state index contributed by atoms with van der Waals surface area (Å²) in [6.45, 7) is 3.26. The molecule has 1 fully saturated rings. The van der Waals surface area contributed by atoms with E-state index < -0.39 is 0 Å². The summed E-state index contributed by atoms with van der Waals surface area (Å²) in [5.41, 5.74) is 6.57. The van der Waals surface area contributed by atoms with Gasteiger partial charge in [-0.1, -0.05) is 0 Å². The maximum atomic E-state index is 5.89. The van der Waals surface area contributed by atoms with E-state index in [0.29, 0.717) is 5.69 Å². The monoisotopic (exact) mass is 235 g/mol. The molecule has 1 aromatic heterocycles. The Balaban J connectivity index is 1.93. The quantitative estimate of drug-likeness (QED) is 0.841. The minimum absolute atomic E-state index is 0.679. The zero-order valence-corrected chi connectivity index (χ0v) is 10.6. The van der Waals surface area contributed by atoms with Crippen LogP contribution in [0.3, 0.4) is 0 Å². The van der Waals surface area contributed by atoms with Crippen molar-refractivity contribution in [1.29, 1.82) is 0 Å². The summed E-state index contributed by atoms with van der Waals surface area (Å²) in [6, 6.07) is 0. The molecule has 1 aromatic rings. The Morgan fingerprint density at radius 3 is 2.71 bits per heavy atom. The van der Waals surface area contributed by atoms with Crippen molar-refractivity contribution in [2.45, 2.75) is 12.8 Å². The Hall–Kier alpha value is -1.36. The highest BCUT2D eigenvalue weighted by Gasteiger charge is 2.21. The number of piperidine rings is 1. The summed E-state index contributed by atoms with van der Waals surface area (Å²) in [5.74, 6) is 1.69. The first-order valence-electron chi connectivity index (χ1n) is 6.12. The van der Waals surface area contributed by atoms with Crippen molar-refractivity contribution in [3.8, 4) is 0 Å². The van der Waals surface area contributed by atoms with Gasteiger partial charge in [0.25, 0.3) is 0 Å². The predicted molar refractivity (Wildman–Crippen MR) is 69.9 cm³/mol. The average molecular weight is 235 g/mol. The number of rotatable bonds is 3. The number of hydrogen-bond donors (Lipinski definition) is 1. The second kappa shape index (κ2) is 5.31. The van der Waals surface area contributed by atoms with Gasteiger partial charge in [-0.25, -0.2) is 9.97 Å². The Kier molecular flexibility index (Phi) is 3.78. The van der Waals surface area contributed by atoms with Crippen LogP contribution >= 0.6 is 0 Å². The molecule has 0 bridgehead atoms. The van der Waals surface area contributed by atoms with Crippen molar-refractivity contribution in [1.82, 2.24) is 14.9 Å². The predicted octanol–water partition coefficient (Wildman–Crippen LogP) is 0.837. The van der Waals surface area contributed by atoms with E-state index in [1.54, 1.807) is 12.5 Å². The lowest BCUT2D eigenvalue weighted by Gasteiger charge is -2.34. The summed E-state index contributed by atoms with van der Waals surface area (Å²) in [6.07, 6.45) is 5.66. The first-order valence-corrected chi connectivity index (χ1v) is 6.12. The molecule has 0 amide bonds. The number of nitrogens with zero attached hydrogens (tertiary/aromatic N) is 4. The second-order valence-corrected chi connectivity index (χ2v) is 4.99. The van der Waals surface area contributed by atoms with Gasteiger partial charge < -0.3 is 15.5 Å². The van der Waals surface area contributed by atoms with Gasteiger partial charge in [-0.3, -0.25) is 0 Å². The molecule has 0 aliphatic carbocycles. The van der Waals surface area contributed by atoms with Gasteiger partial charge in [0.15, 0.2) is 5.82 Å². The molecule has 1 saturated heterocycles. The van der Waals surface area contributed by atoms with Crippen LogP contribution in [0.5, 0.6) is 0 Å². The molecule has 94 valence electrons. The number of nitrogen functional groups attached to an aromatic ring is 1. The van der Waals surface area contributed by atoms with Crippen molar-refractivity contribution < 1.29 is 0 Å². The highest BCUT2D eigenvalue weighted by molar-refractivity contribution is 5.60. The van der Waals surface area contributed by atoms with E-state index in [1.807, 2.05) is 0 Å². The van der Waals surface area contributed by atoms with Gasteiger partial charge in [0.05, 0.1) is 11.9 Å². The van der Waals surface area contributed by atoms with Gasteiger partial charge >= 0.3 is 0 Å². The van der Waals surface area contributed by atoms with Crippen LogP contribution in [0.4, 0.5) is 11.5 Å². The van der Waals surface area contributed by atoms with Crippen LogP contribution < -0.4 is 10.6 Å². The molecule has 1 aliphatic heterocycles. The van der Waals surface area contributed by atoms with Crippen LogP contribution in [0.25, 0.3) is 0 Å². The first kappa shape index (κ1) is 12.1. The van der Waals surface area contributed by atoms with Gasteiger partial charge in [0.1, 0.15) is 6.33 Å². The lowest BCUT2D eigenvalue weighted by atomic mass is 9.96. The fourth-order valence-corrected chi connectivity index (χ4v) is 2.44. The van der Waals surface area contributed by atoms with Gasteiger partial charge in [0.2, 0.25) is 0 Å². The van der Waals surface area contributed by atoms with E-state index in [2.05, 4.69) is 33.9 Å². The number of hydrogen-bond acceptors (Lipinski definition) is 5. The number of anilines is 2. The molecule has 2 rings (SSSR count). The fraction of sp³-hybridized carbons (Fsp3) is 0.667. The average Bonchev–Trinajstić information content (AvgIpc) is 2.30. The van der Waals surface area contributed by atoms with Gasteiger partial charge in [-0.15, -0.1) is 0 Å². The summed E-state index contributed by atoms with van der Waals surface area (Å²) < 4.78 is 0. The SMILES string of the molecule is CN(C)CC1CCN(c2ncncc2N)CC1. The van der Waals surface area contributed by atoms with Crippen molar-refractivity contribution in [2.75, 3.05) is 44.4 Å². The van der Waals surface area contributed by atoms with E-state index in [1.165, 1.54) is 19.4 Å². The minimum Gasteiger partial charge on any atom is -0.394 e. The maximum Gasteiger partial charge on any atom is 0.155 e. The van der Waals surface area contributed by atoms with Crippen LogP contribution in [0.1, 0.15) is 12.8 Å². The molecule has 5 nitrogen and oxygen atoms in total. The number of aromatic nitrogens is 2. The van der Waals surface area contributed by atoms with E-state index in [4.69, 9.17) is 5.73 Å². The standard InChI is InChI=1S/C12H21N5/c1-16(2)8-10-3-5-17(6-4-10)12-11(13)7-14-9-15-12/h7,9-10H,3-6,8,13H2,1-2H3. The topological polar surface area (TPSA) is 58.3 Å². The summed E-state index contributed by atoms with van der Waals surface area (Å²) in [4.78, 5) is 12.7. The lowest BCUT2D eigenvalue weighted by Crippen LogP contribution is -2.37.